The van der Waals surface area contributed by atoms with E-state index in [-0.39, 0.29) is 0 Å². The Hall–Kier alpha value is -1.91. The number of hydrogen-bond acceptors (Lipinski definition) is 4. The molecular weight excluding hydrogens is 154 g/mol. The molecular formula is C7H7N5. The Morgan fingerprint density at radius 3 is 2.58 bits per heavy atom. The van der Waals surface area contributed by atoms with E-state index in [4.69, 9.17) is 5.73 Å². The fraction of sp³-hybridized carbons (Fsp3) is 0. The van der Waals surface area contributed by atoms with Gasteiger partial charge in [-0.1, -0.05) is 0 Å². The van der Waals surface area contributed by atoms with Gasteiger partial charge in [0.05, 0.1) is 18.1 Å². The Labute approximate surface area is 68.8 Å². The summed E-state index contributed by atoms with van der Waals surface area (Å²) in [5.74, 6) is 0.463. The molecule has 0 amide bonds. The molecule has 2 rings (SSSR count). The zero-order valence-electron chi connectivity index (χ0n) is 6.25. The molecule has 0 unspecified atom stereocenters. The van der Waals surface area contributed by atoms with Crippen molar-refractivity contribution in [3.8, 4) is 5.69 Å². The third kappa shape index (κ3) is 1.12. The van der Waals surface area contributed by atoms with Gasteiger partial charge in [0.15, 0.2) is 0 Å². The van der Waals surface area contributed by atoms with Crippen LogP contribution in [-0.2, 0) is 0 Å². The Balaban J connectivity index is 2.48. The molecule has 0 bridgehead atoms. The zero-order chi connectivity index (χ0) is 8.39. The maximum absolute atomic E-state index is 5.48. The third-order valence-corrected chi connectivity index (χ3v) is 1.41. The number of nitrogen functional groups attached to an aromatic ring is 1. The molecule has 5 nitrogen and oxygen atoms in total. The summed E-state index contributed by atoms with van der Waals surface area (Å²) in [4.78, 5) is 5.34. The van der Waals surface area contributed by atoms with Crippen LogP contribution in [0.25, 0.3) is 5.69 Å². The average Bonchev–Trinajstić information content (AvgIpc) is 2.56. The summed E-state index contributed by atoms with van der Waals surface area (Å²) in [5.41, 5.74) is 6.30. The normalized spacial score (nSPS) is 10.0. The van der Waals surface area contributed by atoms with Crippen LogP contribution in [0.4, 0.5) is 5.82 Å². The van der Waals surface area contributed by atoms with Crippen LogP contribution in [0.5, 0.6) is 0 Å². The Bertz CT molecular complexity index is 367. The monoisotopic (exact) mass is 161 g/mol. The zero-order valence-corrected chi connectivity index (χ0v) is 6.25. The van der Waals surface area contributed by atoms with Gasteiger partial charge < -0.3 is 5.73 Å². The largest absolute Gasteiger partial charge is 0.384 e. The summed E-state index contributed by atoms with van der Waals surface area (Å²) in [6.45, 7) is 0. The van der Waals surface area contributed by atoms with E-state index in [1.54, 1.807) is 30.7 Å². The molecule has 0 aromatic carbocycles. The van der Waals surface area contributed by atoms with E-state index < -0.39 is 0 Å². The lowest BCUT2D eigenvalue weighted by Gasteiger charge is -1.98. The fourth-order valence-electron chi connectivity index (χ4n) is 0.910. The highest BCUT2D eigenvalue weighted by atomic mass is 15.5. The van der Waals surface area contributed by atoms with Gasteiger partial charge in [0.1, 0.15) is 5.82 Å². The van der Waals surface area contributed by atoms with Gasteiger partial charge in [-0.05, 0) is 6.07 Å². The highest BCUT2D eigenvalue weighted by Crippen LogP contribution is 2.05. The van der Waals surface area contributed by atoms with Crippen molar-refractivity contribution in [2.75, 3.05) is 5.73 Å². The number of aromatic nitrogens is 4. The summed E-state index contributed by atoms with van der Waals surface area (Å²) in [6.07, 6.45) is 4.83. The van der Waals surface area contributed by atoms with E-state index in [1.807, 2.05) is 0 Å². The van der Waals surface area contributed by atoms with Crippen LogP contribution in [0.1, 0.15) is 0 Å². The van der Waals surface area contributed by atoms with E-state index in [2.05, 4.69) is 15.2 Å². The van der Waals surface area contributed by atoms with Crippen LogP contribution in [0.3, 0.4) is 0 Å². The lowest BCUT2D eigenvalue weighted by molar-refractivity contribution is 0.751. The Morgan fingerprint density at radius 1 is 1.17 bits per heavy atom. The Kier molecular flexibility index (Phi) is 1.48. The number of nitrogens with zero attached hydrogens (tertiary/aromatic N) is 4. The highest BCUT2D eigenvalue weighted by Gasteiger charge is 1.96. The lowest BCUT2D eigenvalue weighted by Crippen LogP contribution is -2.00. The minimum atomic E-state index is 0.463. The van der Waals surface area contributed by atoms with Crippen LogP contribution in [0.15, 0.2) is 30.7 Å². The highest BCUT2D eigenvalue weighted by molar-refractivity contribution is 5.39. The average molecular weight is 161 g/mol. The van der Waals surface area contributed by atoms with Crippen molar-refractivity contribution in [2.24, 2.45) is 0 Å². The summed E-state index contributed by atoms with van der Waals surface area (Å²) < 4.78 is 0. The van der Waals surface area contributed by atoms with Crippen LogP contribution < -0.4 is 5.73 Å². The third-order valence-electron chi connectivity index (χ3n) is 1.41. The molecule has 12 heavy (non-hydrogen) atoms. The van der Waals surface area contributed by atoms with Crippen molar-refractivity contribution in [2.45, 2.75) is 0 Å². The van der Waals surface area contributed by atoms with E-state index >= 15 is 0 Å². The SMILES string of the molecule is Nc1cc(-n2nccn2)ccn1. The molecule has 0 atom stereocenters. The molecule has 2 aromatic rings. The molecule has 0 radical (unpaired) electrons. The van der Waals surface area contributed by atoms with Crippen molar-refractivity contribution in [3.05, 3.63) is 30.7 Å². The number of nitrogens with two attached hydrogens (primary N) is 1. The van der Waals surface area contributed by atoms with Gasteiger partial charge in [-0.3, -0.25) is 0 Å². The van der Waals surface area contributed by atoms with Crippen molar-refractivity contribution in [1.29, 1.82) is 0 Å². The molecule has 2 N–H and O–H groups in total. The van der Waals surface area contributed by atoms with Gasteiger partial charge in [-0.15, -0.1) is 0 Å². The Morgan fingerprint density at radius 2 is 1.92 bits per heavy atom. The molecule has 0 saturated carbocycles. The van der Waals surface area contributed by atoms with Crippen molar-refractivity contribution in [1.82, 2.24) is 20.0 Å². The number of pyridine rings is 1. The minimum Gasteiger partial charge on any atom is -0.384 e. The number of anilines is 1. The smallest absolute Gasteiger partial charge is 0.125 e. The second kappa shape index (κ2) is 2.61. The molecule has 0 saturated heterocycles. The van der Waals surface area contributed by atoms with Gasteiger partial charge in [0.2, 0.25) is 0 Å². The predicted octanol–water partition coefficient (Wildman–Crippen LogP) is 0.244. The van der Waals surface area contributed by atoms with Crippen molar-refractivity contribution in [3.63, 3.8) is 0 Å². The van der Waals surface area contributed by atoms with Crippen molar-refractivity contribution >= 4 is 5.82 Å². The fourth-order valence-corrected chi connectivity index (χ4v) is 0.910. The maximum Gasteiger partial charge on any atom is 0.125 e. The first-order chi connectivity index (χ1) is 5.86. The molecule has 0 aliphatic carbocycles. The second-order valence-corrected chi connectivity index (χ2v) is 2.26. The van der Waals surface area contributed by atoms with E-state index in [0.29, 0.717) is 5.82 Å². The van der Waals surface area contributed by atoms with E-state index in [0.717, 1.165) is 5.69 Å². The molecule has 2 aromatic heterocycles. The van der Waals surface area contributed by atoms with Crippen LogP contribution in [-0.4, -0.2) is 20.0 Å². The molecule has 60 valence electrons. The summed E-state index contributed by atoms with van der Waals surface area (Å²) >= 11 is 0. The topological polar surface area (TPSA) is 69.6 Å². The lowest BCUT2D eigenvalue weighted by atomic mass is 10.4. The summed E-state index contributed by atoms with van der Waals surface area (Å²) in [7, 11) is 0. The van der Waals surface area contributed by atoms with Gasteiger partial charge in [0, 0.05) is 12.3 Å². The molecule has 5 heteroatoms. The first-order valence-electron chi connectivity index (χ1n) is 3.44. The molecule has 0 aliphatic heterocycles. The quantitative estimate of drug-likeness (QED) is 0.650. The summed E-state index contributed by atoms with van der Waals surface area (Å²) in [6, 6.07) is 3.50. The van der Waals surface area contributed by atoms with Crippen LogP contribution in [0.2, 0.25) is 0 Å². The second-order valence-electron chi connectivity index (χ2n) is 2.26. The number of rotatable bonds is 1. The van der Waals surface area contributed by atoms with Crippen LogP contribution >= 0.6 is 0 Å². The van der Waals surface area contributed by atoms with E-state index in [1.165, 1.54) is 4.80 Å². The maximum atomic E-state index is 5.48. The van der Waals surface area contributed by atoms with Gasteiger partial charge >= 0.3 is 0 Å². The number of hydrogen-bond donors (Lipinski definition) is 1. The van der Waals surface area contributed by atoms with Gasteiger partial charge in [-0.25, -0.2) is 4.98 Å². The predicted molar refractivity (Wildman–Crippen MR) is 43.6 cm³/mol. The summed E-state index contributed by atoms with van der Waals surface area (Å²) in [5, 5.41) is 7.90. The van der Waals surface area contributed by atoms with E-state index in [9.17, 15) is 0 Å². The molecule has 2 heterocycles. The first kappa shape index (κ1) is 6.78. The minimum absolute atomic E-state index is 0.463. The van der Waals surface area contributed by atoms with Crippen molar-refractivity contribution < 1.29 is 0 Å². The van der Waals surface area contributed by atoms with Gasteiger partial charge in [-0.2, -0.15) is 15.0 Å². The standard InChI is InChI=1S/C7H7N5/c8-7-5-6(1-2-9-7)12-10-3-4-11-12/h1-5H,(H2,8,9). The van der Waals surface area contributed by atoms with Gasteiger partial charge in [0.25, 0.3) is 0 Å². The molecule has 0 fully saturated rings. The molecule has 0 spiro atoms. The van der Waals surface area contributed by atoms with Crippen LogP contribution in [0, 0.1) is 0 Å². The first-order valence-corrected chi connectivity index (χ1v) is 3.44. The molecule has 0 aliphatic rings.